The van der Waals surface area contributed by atoms with Crippen LogP contribution >= 0.6 is 11.6 Å². The molecule has 0 aliphatic carbocycles. The number of hydrogen-bond acceptors (Lipinski definition) is 5. The number of ether oxygens (including phenoxy) is 2. The molecule has 0 spiro atoms. The van der Waals surface area contributed by atoms with E-state index in [9.17, 15) is 9.59 Å². The Morgan fingerprint density at radius 3 is 1.83 bits per heavy atom. The zero-order valence-corrected chi connectivity index (χ0v) is 29.4. The van der Waals surface area contributed by atoms with Crippen molar-refractivity contribution in [2.75, 3.05) is 39.4 Å². The number of carbonyl (C=O) groups is 2. The lowest BCUT2D eigenvalue weighted by molar-refractivity contribution is -0.134. The van der Waals surface area contributed by atoms with Crippen molar-refractivity contribution in [1.29, 1.82) is 0 Å². The molecule has 1 heterocycles. The van der Waals surface area contributed by atoms with E-state index in [1.807, 2.05) is 0 Å². The van der Waals surface area contributed by atoms with Gasteiger partial charge in [0.05, 0.1) is 13.2 Å². The van der Waals surface area contributed by atoms with Crippen molar-refractivity contribution in [1.82, 2.24) is 15.5 Å². The average Bonchev–Trinajstić information content (AvgIpc) is 3.07. The molecule has 1 aromatic carbocycles. The van der Waals surface area contributed by atoms with E-state index in [2.05, 4.69) is 95.4 Å². The van der Waals surface area contributed by atoms with Gasteiger partial charge in [0.25, 0.3) is 5.91 Å². The fraction of sp³-hybridized carbons (Fsp3) is 0.487. The maximum atomic E-state index is 13.0. The minimum absolute atomic E-state index is 0.000478. The highest BCUT2D eigenvalue weighted by atomic mass is 35.5. The standard InChI is InChI=1S/C39H56ClN3O4/c1-4-5-6-7-8-9-10-11-12-13-14-15-16-17-18-19-20-21-22-23-37(44)41-32-35(43-28-30-46-31-29-43)33-42-38(45)39(2,3)47-36-26-24-34(40)25-27-36/h5-6,8-9,11-12,14-15,17-18,20-21,24-27,35H,4,7,10,13,16,19,22-23,28-33H2,1-3H3,(H,41,44)(H,42,45). The van der Waals surface area contributed by atoms with E-state index in [1.54, 1.807) is 38.1 Å². The number of halogens is 1. The van der Waals surface area contributed by atoms with Gasteiger partial charge in [-0.3, -0.25) is 14.5 Å². The van der Waals surface area contributed by atoms with Crippen LogP contribution in [0.25, 0.3) is 0 Å². The molecule has 47 heavy (non-hydrogen) atoms. The van der Waals surface area contributed by atoms with Gasteiger partial charge in [0, 0.05) is 43.7 Å². The first-order valence-electron chi connectivity index (χ1n) is 17.0. The van der Waals surface area contributed by atoms with Gasteiger partial charge in [-0.05, 0) is 83.1 Å². The first-order chi connectivity index (χ1) is 22.8. The molecule has 0 bridgehead atoms. The summed E-state index contributed by atoms with van der Waals surface area (Å²) in [6, 6.07) is 6.88. The molecule has 1 saturated heterocycles. The largest absolute Gasteiger partial charge is 0.478 e. The molecule has 1 fully saturated rings. The molecule has 1 aliphatic heterocycles. The van der Waals surface area contributed by atoms with Crippen molar-refractivity contribution in [2.45, 2.75) is 83.8 Å². The van der Waals surface area contributed by atoms with Gasteiger partial charge in [0.1, 0.15) is 5.75 Å². The Bertz CT molecular complexity index is 1200. The van der Waals surface area contributed by atoms with E-state index in [0.717, 1.165) is 51.6 Å². The van der Waals surface area contributed by atoms with Gasteiger partial charge in [-0.2, -0.15) is 0 Å². The van der Waals surface area contributed by atoms with Crippen molar-refractivity contribution in [3.05, 3.63) is 102 Å². The first-order valence-corrected chi connectivity index (χ1v) is 17.4. The van der Waals surface area contributed by atoms with Gasteiger partial charge in [-0.15, -0.1) is 0 Å². The second kappa shape index (κ2) is 24.7. The minimum atomic E-state index is -1.08. The fourth-order valence-corrected chi connectivity index (χ4v) is 4.84. The van der Waals surface area contributed by atoms with Crippen LogP contribution in [0.2, 0.25) is 5.02 Å². The molecule has 1 unspecified atom stereocenters. The Morgan fingerprint density at radius 2 is 1.30 bits per heavy atom. The van der Waals surface area contributed by atoms with Crippen LogP contribution in [0.5, 0.6) is 5.75 Å². The van der Waals surface area contributed by atoms with Crippen LogP contribution in [0, 0.1) is 0 Å². The zero-order valence-electron chi connectivity index (χ0n) is 28.7. The number of carbonyl (C=O) groups excluding carboxylic acids is 2. The predicted octanol–water partition coefficient (Wildman–Crippen LogP) is 7.91. The number of amides is 2. The summed E-state index contributed by atoms with van der Waals surface area (Å²) in [5.41, 5.74) is -1.08. The summed E-state index contributed by atoms with van der Waals surface area (Å²) in [5, 5.41) is 6.70. The molecule has 8 heteroatoms. The van der Waals surface area contributed by atoms with E-state index in [4.69, 9.17) is 21.1 Å². The number of hydrogen-bond donors (Lipinski definition) is 2. The Hall–Kier alpha value is -3.39. The molecule has 0 saturated carbocycles. The summed E-state index contributed by atoms with van der Waals surface area (Å²) < 4.78 is 11.4. The maximum Gasteiger partial charge on any atom is 0.263 e. The van der Waals surface area contributed by atoms with Crippen LogP contribution in [-0.4, -0.2) is 67.7 Å². The summed E-state index contributed by atoms with van der Waals surface area (Å²) in [7, 11) is 0. The lowest BCUT2D eigenvalue weighted by Gasteiger charge is -2.35. The van der Waals surface area contributed by atoms with E-state index in [0.29, 0.717) is 49.9 Å². The van der Waals surface area contributed by atoms with Gasteiger partial charge in [0.15, 0.2) is 5.60 Å². The third-order valence-electron chi connectivity index (χ3n) is 7.46. The highest BCUT2D eigenvalue weighted by Crippen LogP contribution is 2.21. The molecule has 0 radical (unpaired) electrons. The van der Waals surface area contributed by atoms with Crippen LogP contribution in [-0.2, 0) is 14.3 Å². The molecule has 2 N–H and O–H groups in total. The summed E-state index contributed by atoms with van der Waals surface area (Å²) in [5.74, 6) is 0.341. The molecular formula is C39H56ClN3O4. The summed E-state index contributed by atoms with van der Waals surface area (Å²) in [4.78, 5) is 27.9. The highest BCUT2D eigenvalue weighted by molar-refractivity contribution is 6.30. The Kier molecular flexibility index (Phi) is 20.9. The third kappa shape index (κ3) is 19.1. The third-order valence-corrected chi connectivity index (χ3v) is 7.72. The van der Waals surface area contributed by atoms with E-state index in [-0.39, 0.29) is 17.9 Å². The second-order valence-electron chi connectivity index (χ2n) is 11.8. The van der Waals surface area contributed by atoms with Crippen molar-refractivity contribution in [2.24, 2.45) is 0 Å². The van der Waals surface area contributed by atoms with Crippen molar-refractivity contribution in [3.63, 3.8) is 0 Å². The SMILES string of the molecule is CCC=CCC=CCC=CCC=CCC=CCC=CCCC(=O)NCC(CNC(=O)C(C)(C)Oc1ccc(Cl)cc1)N1CCOCC1. The molecule has 258 valence electrons. The Balaban J connectivity index is 1.64. The summed E-state index contributed by atoms with van der Waals surface area (Å²) in [6.45, 7) is 9.21. The van der Waals surface area contributed by atoms with Crippen LogP contribution in [0.1, 0.15) is 72.1 Å². The van der Waals surface area contributed by atoms with Gasteiger partial charge in [-0.25, -0.2) is 0 Å². The summed E-state index contributed by atoms with van der Waals surface area (Å²) >= 11 is 5.96. The van der Waals surface area contributed by atoms with Crippen LogP contribution in [0.15, 0.2) is 97.2 Å². The lowest BCUT2D eigenvalue weighted by atomic mass is 10.1. The summed E-state index contributed by atoms with van der Waals surface area (Å²) in [6.07, 6.45) is 33.0. The molecule has 1 aromatic rings. The molecule has 7 nitrogen and oxygen atoms in total. The highest BCUT2D eigenvalue weighted by Gasteiger charge is 2.31. The van der Waals surface area contributed by atoms with Gasteiger partial charge >= 0.3 is 0 Å². The Morgan fingerprint density at radius 1 is 0.809 bits per heavy atom. The smallest absolute Gasteiger partial charge is 0.263 e. The molecule has 1 aliphatic rings. The quantitative estimate of drug-likeness (QED) is 0.123. The molecule has 0 aromatic heterocycles. The van der Waals surface area contributed by atoms with Crippen molar-refractivity contribution in [3.8, 4) is 5.75 Å². The molecule has 1 atom stereocenters. The van der Waals surface area contributed by atoms with E-state index in [1.165, 1.54) is 0 Å². The zero-order chi connectivity index (χ0) is 34.0. The molecular weight excluding hydrogens is 610 g/mol. The molecule has 2 rings (SSSR count). The number of allylic oxidation sites excluding steroid dienone is 12. The van der Waals surface area contributed by atoms with Crippen LogP contribution < -0.4 is 15.4 Å². The van der Waals surface area contributed by atoms with E-state index < -0.39 is 5.60 Å². The Labute approximate surface area is 288 Å². The first kappa shape index (κ1) is 39.8. The van der Waals surface area contributed by atoms with Crippen LogP contribution in [0.4, 0.5) is 0 Å². The number of nitrogens with one attached hydrogen (secondary N) is 2. The monoisotopic (exact) mass is 665 g/mol. The normalized spacial score (nSPS) is 15.6. The lowest BCUT2D eigenvalue weighted by Crippen LogP contribution is -2.56. The molecule has 2 amide bonds. The van der Waals surface area contributed by atoms with Crippen molar-refractivity contribution >= 4 is 23.4 Å². The number of benzene rings is 1. The van der Waals surface area contributed by atoms with Crippen LogP contribution in [0.3, 0.4) is 0 Å². The van der Waals surface area contributed by atoms with Gasteiger partial charge < -0.3 is 20.1 Å². The maximum absolute atomic E-state index is 13.0. The van der Waals surface area contributed by atoms with Crippen molar-refractivity contribution < 1.29 is 19.1 Å². The average molecular weight is 666 g/mol. The second-order valence-corrected chi connectivity index (χ2v) is 12.3. The topological polar surface area (TPSA) is 79.9 Å². The number of nitrogens with zero attached hydrogens (tertiary/aromatic N) is 1. The number of morpholine rings is 1. The fourth-order valence-electron chi connectivity index (χ4n) is 4.71. The van der Waals surface area contributed by atoms with E-state index >= 15 is 0 Å². The predicted molar refractivity (Wildman–Crippen MR) is 196 cm³/mol. The van der Waals surface area contributed by atoms with Gasteiger partial charge in [0.2, 0.25) is 5.91 Å². The number of rotatable bonds is 22. The minimum Gasteiger partial charge on any atom is -0.478 e. The van der Waals surface area contributed by atoms with Gasteiger partial charge in [-0.1, -0.05) is 91.4 Å².